The van der Waals surface area contributed by atoms with E-state index >= 15 is 0 Å². The summed E-state index contributed by atoms with van der Waals surface area (Å²) in [6.45, 7) is 6.94. The van der Waals surface area contributed by atoms with Crippen LogP contribution in [-0.2, 0) is 6.54 Å². The summed E-state index contributed by atoms with van der Waals surface area (Å²) in [5, 5.41) is 3.12. The number of pyridine rings is 1. The van der Waals surface area contributed by atoms with Crippen LogP contribution >= 0.6 is 15.9 Å². The van der Waals surface area contributed by atoms with Gasteiger partial charge in [0.05, 0.1) is 0 Å². The van der Waals surface area contributed by atoms with E-state index in [1.807, 2.05) is 32.3 Å². The molecular weight excluding hydrogens is 316 g/mol. The monoisotopic (exact) mass is 334 g/mol. The molecule has 0 bridgehead atoms. The Balaban J connectivity index is 2.26. The molecule has 0 aliphatic carbocycles. The first kappa shape index (κ1) is 15.0. The molecule has 1 aromatic heterocycles. The van der Waals surface area contributed by atoms with Gasteiger partial charge in [0.2, 0.25) is 5.88 Å². The maximum absolute atomic E-state index is 5.91. The lowest BCUT2D eigenvalue weighted by molar-refractivity contribution is 0.457. The van der Waals surface area contributed by atoms with Crippen LogP contribution in [0.3, 0.4) is 0 Å². The van der Waals surface area contributed by atoms with Crippen LogP contribution in [0.25, 0.3) is 0 Å². The van der Waals surface area contributed by atoms with Crippen molar-refractivity contribution >= 4 is 15.9 Å². The first-order chi connectivity index (χ1) is 9.51. The average molecular weight is 335 g/mol. The number of nitrogens with one attached hydrogen (secondary N) is 1. The van der Waals surface area contributed by atoms with Gasteiger partial charge >= 0.3 is 0 Å². The molecule has 106 valence electrons. The molecule has 3 nitrogen and oxygen atoms in total. The molecule has 0 radical (unpaired) electrons. The van der Waals surface area contributed by atoms with Gasteiger partial charge in [-0.05, 0) is 62.7 Å². The summed E-state index contributed by atoms with van der Waals surface area (Å²) in [6, 6.07) is 6.12. The van der Waals surface area contributed by atoms with Crippen LogP contribution in [0.2, 0.25) is 0 Å². The quantitative estimate of drug-likeness (QED) is 0.905. The Morgan fingerprint density at radius 2 is 1.75 bits per heavy atom. The van der Waals surface area contributed by atoms with Crippen LogP contribution in [0.1, 0.15) is 22.3 Å². The van der Waals surface area contributed by atoms with Crippen molar-refractivity contribution in [3.8, 4) is 11.6 Å². The topological polar surface area (TPSA) is 34.2 Å². The van der Waals surface area contributed by atoms with Crippen molar-refractivity contribution < 1.29 is 4.74 Å². The Hall–Kier alpha value is -1.39. The van der Waals surface area contributed by atoms with Crippen molar-refractivity contribution in [3.05, 3.63) is 51.1 Å². The van der Waals surface area contributed by atoms with Gasteiger partial charge in [-0.1, -0.05) is 15.9 Å². The molecule has 20 heavy (non-hydrogen) atoms. The summed E-state index contributed by atoms with van der Waals surface area (Å²) < 4.78 is 7.03. The summed E-state index contributed by atoms with van der Waals surface area (Å²) in [5.74, 6) is 1.48. The Labute approximate surface area is 128 Å². The highest BCUT2D eigenvalue weighted by molar-refractivity contribution is 9.10. The normalized spacial score (nSPS) is 10.7. The number of hydrogen-bond acceptors (Lipinski definition) is 3. The average Bonchev–Trinajstić information content (AvgIpc) is 2.39. The van der Waals surface area contributed by atoms with Crippen molar-refractivity contribution in [2.45, 2.75) is 27.3 Å². The number of aryl methyl sites for hydroxylation is 3. The Kier molecular flexibility index (Phi) is 4.78. The van der Waals surface area contributed by atoms with Gasteiger partial charge in [0.15, 0.2) is 0 Å². The third-order valence-corrected chi connectivity index (χ3v) is 4.34. The third-order valence-electron chi connectivity index (χ3n) is 3.09. The molecule has 1 aromatic carbocycles. The Morgan fingerprint density at radius 1 is 1.10 bits per heavy atom. The standard InChI is InChI=1S/C16H19BrN2O/c1-10-6-14(7-11(2)15(10)17)20-16-12(3)5-13(8-18-4)9-19-16/h5-7,9,18H,8H2,1-4H3. The SMILES string of the molecule is CNCc1cnc(Oc2cc(C)c(Br)c(C)c2)c(C)c1. The first-order valence-corrected chi connectivity index (χ1v) is 7.35. The second kappa shape index (κ2) is 6.37. The van der Waals surface area contributed by atoms with E-state index in [9.17, 15) is 0 Å². The van der Waals surface area contributed by atoms with Crippen LogP contribution in [0.4, 0.5) is 0 Å². The number of aromatic nitrogens is 1. The molecule has 1 N–H and O–H groups in total. The molecule has 0 saturated carbocycles. The molecule has 0 unspecified atom stereocenters. The highest BCUT2D eigenvalue weighted by atomic mass is 79.9. The smallest absolute Gasteiger partial charge is 0.222 e. The highest BCUT2D eigenvalue weighted by Crippen LogP contribution is 2.30. The molecule has 2 aromatic rings. The summed E-state index contributed by atoms with van der Waals surface area (Å²) >= 11 is 3.56. The van der Waals surface area contributed by atoms with Gasteiger partial charge in [-0.25, -0.2) is 4.98 Å². The second-order valence-corrected chi connectivity index (χ2v) is 5.76. The lowest BCUT2D eigenvalue weighted by Gasteiger charge is -2.11. The predicted octanol–water partition coefficient (Wildman–Crippen LogP) is 4.28. The predicted molar refractivity (Wildman–Crippen MR) is 85.4 cm³/mol. The number of ether oxygens (including phenoxy) is 1. The molecule has 1 heterocycles. The van der Waals surface area contributed by atoms with Gasteiger partial charge in [0, 0.05) is 22.8 Å². The molecule has 0 atom stereocenters. The molecule has 0 amide bonds. The largest absolute Gasteiger partial charge is 0.439 e. The van der Waals surface area contributed by atoms with Gasteiger partial charge < -0.3 is 10.1 Å². The van der Waals surface area contributed by atoms with Gasteiger partial charge in [0.1, 0.15) is 5.75 Å². The number of benzene rings is 1. The summed E-state index contributed by atoms with van der Waals surface area (Å²) in [5.41, 5.74) is 4.51. The van der Waals surface area contributed by atoms with Gasteiger partial charge in [-0.2, -0.15) is 0 Å². The lowest BCUT2D eigenvalue weighted by atomic mass is 10.1. The van der Waals surface area contributed by atoms with E-state index in [1.165, 1.54) is 0 Å². The van der Waals surface area contributed by atoms with Crippen LogP contribution in [0.15, 0.2) is 28.9 Å². The van der Waals surface area contributed by atoms with E-state index in [4.69, 9.17) is 4.74 Å². The maximum atomic E-state index is 5.91. The van der Waals surface area contributed by atoms with Crippen molar-refractivity contribution in [1.29, 1.82) is 0 Å². The molecular formula is C16H19BrN2O. The molecule has 2 rings (SSSR count). The zero-order valence-electron chi connectivity index (χ0n) is 12.2. The molecule has 0 fully saturated rings. The minimum atomic E-state index is 0.658. The molecule has 0 aliphatic heterocycles. The third kappa shape index (κ3) is 3.38. The second-order valence-electron chi connectivity index (χ2n) is 4.97. The van der Waals surface area contributed by atoms with E-state index in [1.54, 1.807) is 0 Å². The van der Waals surface area contributed by atoms with Crippen LogP contribution < -0.4 is 10.1 Å². The van der Waals surface area contributed by atoms with Gasteiger partial charge in [-0.15, -0.1) is 0 Å². The summed E-state index contributed by atoms with van der Waals surface area (Å²) in [6.07, 6.45) is 1.84. The number of rotatable bonds is 4. The van der Waals surface area contributed by atoms with Crippen molar-refractivity contribution in [1.82, 2.24) is 10.3 Å². The van der Waals surface area contributed by atoms with E-state index in [0.717, 1.165) is 39.0 Å². The minimum Gasteiger partial charge on any atom is -0.439 e. The van der Waals surface area contributed by atoms with Crippen molar-refractivity contribution in [3.63, 3.8) is 0 Å². The van der Waals surface area contributed by atoms with Crippen LogP contribution in [-0.4, -0.2) is 12.0 Å². The Morgan fingerprint density at radius 3 is 2.30 bits per heavy atom. The highest BCUT2D eigenvalue weighted by Gasteiger charge is 2.07. The fourth-order valence-corrected chi connectivity index (χ4v) is 2.33. The Bertz CT molecular complexity index is 603. The van der Waals surface area contributed by atoms with E-state index in [-0.39, 0.29) is 0 Å². The molecule has 0 spiro atoms. The lowest BCUT2D eigenvalue weighted by Crippen LogP contribution is -2.06. The molecule has 0 saturated heterocycles. The zero-order valence-corrected chi connectivity index (χ0v) is 13.8. The van der Waals surface area contributed by atoms with Gasteiger partial charge in [0.25, 0.3) is 0 Å². The van der Waals surface area contributed by atoms with E-state index in [2.05, 4.69) is 46.1 Å². The maximum Gasteiger partial charge on any atom is 0.222 e. The summed E-state index contributed by atoms with van der Waals surface area (Å²) in [7, 11) is 1.92. The molecule has 4 heteroatoms. The van der Waals surface area contributed by atoms with E-state index in [0.29, 0.717) is 5.88 Å². The first-order valence-electron chi connectivity index (χ1n) is 6.56. The summed E-state index contributed by atoms with van der Waals surface area (Å²) in [4.78, 5) is 4.40. The number of hydrogen-bond donors (Lipinski definition) is 1. The van der Waals surface area contributed by atoms with Gasteiger partial charge in [-0.3, -0.25) is 0 Å². The van der Waals surface area contributed by atoms with Crippen molar-refractivity contribution in [2.24, 2.45) is 0 Å². The van der Waals surface area contributed by atoms with Crippen LogP contribution in [0.5, 0.6) is 11.6 Å². The fraction of sp³-hybridized carbons (Fsp3) is 0.312. The number of halogens is 1. The van der Waals surface area contributed by atoms with E-state index < -0.39 is 0 Å². The van der Waals surface area contributed by atoms with Crippen molar-refractivity contribution in [2.75, 3.05) is 7.05 Å². The molecule has 0 aliphatic rings. The minimum absolute atomic E-state index is 0.658. The fourth-order valence-electron chi connectivity index (χ4n) is 2.10. The number of nitrogens with zero attached hydrogens (tertiary/aromatic N) is 1. The zero-order chi connectivity index (χ0) is 14.7. The van der Waals surface area contributed by atoms with Crippen LogP contribution in [0, 0.1) is 20.8 Å².